The molecule has 2 aromatic rings. The minimum Gasteiger partial charge on any atom is -0.461 e. The molecule has 0 spiro atoms. The Labute approximate surface area is 127 Å². The Balaban J connectivity index is 2.06. The number of aryl methyl sites for hydroxylation is 1. The maximum atomic E-state index is 12.0. The maximum Gasteiger partial charge on any atom is 0.350 e. The first kappa shape index (κ1) is 15.1. The molecule has 0 bridgehead atoms. The van der Waals surface area contributed by atoms with Gasteiger partial charge in [0, 0.05) is 11.3 Å². The molecule has 3 nitrogen and oxygen atoms in total. The molecule has 0 radical (unpaired) electrons. The van der Waals surface area contributed by atoms with Crippen LogP contribution in [0.15, 0.2) is 30.3 Å². The van der Waals surface area contributed by atoms with Crippen LogP contribution in [0, 0.1) is 6.92 Å². The van der Waals surface area contributed by atoms with E-state index in [4.69, 9.17) is 4.74 Å². The highest BCUT2D eigenvalue weighted by molar-refractivity contribution is 7.99. The van der Waals surface area contributed by atoms with E-state index in [1.54, 1.807) is 11.8 Å². The second-order valence-electron chi connectivity index (χ2n) is 4.13. The summed E-state index contributed by atoms with van der Waals surface area (Å²) in [7, 11) is 0. The Morgan fingerprint density at radius 3 is 2.80 bits per heavy atom. The molecule has 1 heterocycles. The Bertz CT molecular complexity index is 567. The summed E-state index contributed by atoms with van der Waals surface area (Å²) in [6.07, 6.45) is 0. The van der Waals surface area contributed by atoms with Crippen molar-refractivity contribution in [2.45, 2.75) is 13.8 Å². The second-order valence-corrected chi connectivity index (χ2v) is 6.53. The predicted molar refractivity (Wildman–Crippen MR) is 85.6 cm³/mol. The summed E-state index contributed by atoms with van der Waals surface area (Å²) < 4.78 is 5.27. The molecule has 0 fully saturated rings. The molecule has 0 aliphatic rings. The molecule has 0 N–H and O–H groups in total. The number of hydrogen-bond acceptors (Lipinski definition) is 5. The van der Waals surface area contributed by atoms with Crippen LogP contribution in [0.2, 0.25) is 0 Å². The first-order chi connectivity index (χ1) is 9.72. The number of carbonyl (C=O) groups excluding carboxylic acids is 1. The number of esters is 1. The number of aromatic nitrogens is 1. The Hall–Kier alpha value is -1.33. The molecule has 0 unspecified atom stereocenters. The first-order valence-corrected chi connectivity index (χ1v) is 8.47. The Morgan fingerprint density at radius 1 is 1.35 bits per heavy atom. The summed E-state index contributed by atoms with van der Waals surface area (Å²) >= 11 is 3.15. The zero-order chi connectivity index (χ0) is 14.4. The molecule has 106 valence electrons. The fourth-order valence-corrected chi connectivity index (χ4v) is 3.15. The third-order valence-electron chi connectivity index (χ3n) is 2.67. The van der Waals surface area contributed by atoms with E-state index in [1.807, 2.05) is 37.3 Å². The standard InChI is InChI=1S/C15H17NO2S2/c1-3-19-10-9-18-15(17)13-11(2)16-14(20-13)12-7-5-4-6-8-12/h4-8H,3,9-10H2,1-2H3. The minimum absolute atomic E-state index is 0.265. The number of benzene rings is 1. The van der Waals surface area contributed by atoms with Gasteiger partial charge in [-0.1, -0.05) is 37.3 Å². The number of thiazole rings is 1. The van der Waals surface area contributed by atoms with Crippen molar-refractivity contribution < 1.29 is 9.53 Å². The summed E-state index contributed by atoms with van der Waals surface area (Å²) in [5.74, 6) is 1.61. The van der Waals surface area contributed by atoms with Crippen molar-refractivity contribution in [2.75, 3.05) is 18.1 Å². The number of carbonyl (C=O) groups is 1. The summed E-state index contributed by atoms with van der Waals surface area (Å²) in [4.78, 5) is 17.1. The topological polar surface area (TPSA) is 39.2 Å². The van der Waals surface area contributed by atoms with Gasteiger partial charge in [-0.25, -0.2) is 9.78 Å². The van der Waals surface area contributed by atoms with Crippen LogP contribution < -0.4 is 0 Å². The number of thioether (sulfide) groups is 1. The lowest BCUT2D eigenvalue weighted by atomic mass is 10.2. The smallest absolute Gasteiger partial charge is 0.350 e. The highest BCUT2D eigenvalue weighted by atomic mass is 32.2. The van der Waals surface area contributed by atoms with Gasteiger partial charge in [0.25, 0.3) is 0 Å². The van der Waals surface area contributed by atoms with Gasteiger partial charge in [0.05, 0.1) is 5.69 Å². The average molecular weight is 307 g/mol. The van der Waals surface area contributed by atoms with Crippen molar-refractivity contribution in [2.24, 2.45) is 0 Å². The van der Waals surface area contributed by atoms with Crippen molar-refractivity contribution >= 4 is 29.1 Å². The molecule has 0 atom stereocenters. The van der Waals surface area contributed by atoms with E-state index in [9.17, 15) is 4.79 Å². The average Bonchev–Trinajstić information content (AvgIpc) is 2.86. The van der Waals surface area contributed by atoms with Crippen molar-refractivity contribution in [1.29, 1.82) is 0 Å². The van der Waals surface area contributed by atoms with Gasteiger partial charge in [-0.15, -0.1) is 11.3 Å². The molecular weight excluding hydrogens is 290 g/mol. The number of nitrogens with zero attached hydrogens (tertiary/aromatic N) is 1. The summed E-state index contributed by atoms with van der Waals surface area (Å²) in [5, 5.41) is 0.859. The van der Waals surface area contributed by atoms with Gasteiger partial charge in [0.1, 0.15) is 16.5 Å². The Morgan fingerprint density at radius 2 is 2.10 bits per heavy atom. The lowest BCUT2D eigenvalue weighted by Crippen LogP contribution is -2.07. The van der Waals surface area contributed by atoms with Crippen LogP contribution in [0.5, 0.6) is 0 Å². The van der Waals surface area contributed by atoms with E-state index in [0.717, 1.165) is 27.8 Å². The predicted octanol–water partition coefficient (Wildman–Crippen LogP) is 4.03. The molecule has 0 amide bonds. The number of hydrogen-bond donors (Lipinski definition) is 0. The zero-order valence-electron chi connectivity index (χ0n) is 11.6. The van der Waals surface area contributed by atoms with Gasteiger partial charge in [0.15, 0.2) is 0 Å². The first-order valence-electron chi connectivity index (χ1n) is 6.50. The molecule has 2 rings (SSSR count). The monoisotopic (exact) mass is 307 g/mol. The third-order valence-corrected chi connectivity index (χ3v) is 4.72. The van der Waals surface area contributed by atoms with E-state index in [1.165, 1.54) is 11.3 Å². The van der Waals surface area contributed by atoms with Gasteiger partial charge in [-0.05, 0) is 12.7 Å². The maximum absolute atomic E-state index is 12.0. The van der Waals surface area contributed by atoms with Crippen molar-refractivity contribution in [3.05, 3.63) is 40.9 Å². The molecule has 0 saturated heterocycles. The number of ether oxygens (including phenoxy) is 1. The van der Waals surface area contributed by atoms with Crippen LogP contribution in [0.4, 0.5) is 0 Å². The largest absolute Gasteiger partial charge is 0.461 e. The lowest BCUT2D eigenvalue weighted by molar-refractivity contribution is 0.0535. The van der Waals surface area contributed by atoms with Gasteiger partial charge in [-0.2, -0.15) is 11.8 Å². The molecule has 0 saturated carbocycles. The minimum atomic E-state index is -0.265. The third kappa shape index (κ3) is 3.84. The van der Waals surface area contributed by atoms with Gasteiger partial charge in [-0.3, -0.25) is 0 Å². The van der Waals surface area contributed by atoms with Crippen LogP contribution in [-0.2, 0) is 4.74 Å². The lowest BCUT2D eigenvalue weighted by Gasteiger charge is -2.02. The summed E-state index contributed by atoms with van der Waals surface area (Å²) in [6, 6.07) is 9.87. The molecule has 1 aromatic carbocycles. The highest BCUT2D eigenvalue weighted by Crippen LogP contribution is 2.28. The van der Waals surface area contributed by atoms with Gasteiger partial charge in [0.2, 0.25) is 0 Å². The van der Waals surface area contributed by atoms with Crippen molar-refractivity contribution in [1.82, 2.24) is 4.98 Å². The van der Waals surface area contributed by atoms with E-state index in [2.05, 4.69) is 11.9 Å². The van der Waals surface area contributed by atoms with E-state index in [0.29, 0.717) is 11.5 Å². The van der Waals surface area contributed by atoms with Crippen LogP contribution >= 0.6 is 23.1 Å². The van der Waals surface area contributed by atoms with Crippen molar-refractivity contribution in [3.63, 3.8) is 0 Å². The van der Waals surface area contributed by atoms with Crippen LogP contribution in [0.3, 0.4) is 0 Å². The number of rotatable bonds is 6. The van der Waals surface area contributed by atoms with E-state index >= 15 is 0 Å². The molecule has 5 heteroatoms. The quantitative estimate of drug-likeness (QED) is 0.596. The molecule has 0 aliphatic carbocycles. The van der Waals surface area contributed by atoms with Gasteiger partial charge < -0.3 is 4.74 Å². The zero-order valence-corrected chi connectivity index (χ0v) is 13.2. The summed E-state index contributed by atoms with van der Waals surface area (Å²) in [6.45, 7) is 4.39. The van der Waals surface area contributed by atoms with E-state index in [-0.39, 0.29) is 5.97 Å². The normalized spacial score (nSPS) is 10.5. The van der Waals surface area contributed by atoms with Gasteiger partial charge >= 0.3 is 5.97 Å². The second kappa shape index (κ2) is 7.45. The van der Waals surface area contributed by atoms with Crippen LogP contribution in [0.1, 0.15) is 22.3 Å². The SMILES string of the molecule is CCSCCOC(=O)c1sc(-c2ccccc2)nc1C. The van der Waals surface area contributed by atoms with Crippen LogP contribution in [0.25, 0.3) is 10.6 Å². The van der Waals surface area contributed by atoms with Crippen LogP contribution in [-0.4, -0.2) is 29.1 Å². The summed E-state index contributed by atoms with van der Waals surface area (Å²) in [5.41, 5.74) is 1.77. The molecule has 0 aliphatic heterocycles. The highest BCUT2D eigenvalue weighted by Gasteiger charge is 2.17. The Kier molecular flexibility index (Phi) is 5.61. The van der Waals surface area contributed by atoms with Crippen molar-refractivity contribution in [3.8, 4) is 10.6 Å². The fourth-order valence-electron chi connectivity index (χ4n) is 1.69. The molecule has 20 heavy (non-hydrogen) atoms. The fraction of sp³-hybridized carbons (Fsp3) is 0.333. The molecule has 1 aromatic heterocycles. The van der Waals surface area contributed by atoms with E-state index < -0.39 is 0 Å². The molecular formula is C15H17NO2S2.